The fourth-order valence-electron chi connectivity index (χ4n) is 4.30. The lowest BCUT2D eigenvalue weighted by Gasteiger charge is -2.32. The molecule has 34 heavy (non-hydrogen) atoms. The molecular formula is C26H25N3O3S2. The summed E-state index contributed by atoms with van der Waals surface area (Å²) in [6, 6.07) is 21.6. The number of benzene rings is 3. The third kappa shape index (κ3) is 4.36. The molecule has 0 radical (unpaired) electrons. The Labute approximate surface area is 203 Å². The van der Waals surface area contributed by atoms with E-state index in [2.05, 4.69) is 5.32 Å². The van der Waals surface area contributed by atoms with Gasteiger partial charge in [0.25, 0.3) is 5.91 Å². The molecule has 2 heterocycles. The topological polar surface area (TPSA) is 79.4 Å². The maximum Gasteiger partial charge on any atom is 0.255 e. The molecule has 0 spiro atoms. The maximum absolute atomic E-state index is 13.1. The van der Waals surface area contributed by atoms with Crippen molar-refractivity contribution in [3.05, 3.63) is 78.4 Å². The number of aromatic nitrogens is 1. The molecule has 174 valence electrons. The lowest BCUT2D eigenvalue weighted by Crippen LogP contribution is -2.41. The SMILES string of the molecule is C[C@H]1CCCCN1S(=O)(=O)c1ccc(C(=O)Nc2ccccc2-c2nc3ccccc3s2)cc1. The van der Waals surface area contributed by atoms with Crippen molar-refractivity contribution in [2.24, 2.45) is 0 Å². The molecule has 1 saturated heterocycles. The number of piperidine rings is 1. The normalized spacial score (nSPS) is 17.0. The van der Waals surface area contributed by atoms with Crippen LogP contribution in [0.5, 0.6) is 0 Å². The Morgan fingerprint density at radius 3 is 2.50 bits per heavy atom. The Bertz CT molecular complexity index is 1410. The highest BCUT2D eigenvalue weighted by molar-refractivity contribution is 7.89. The van der Waals surface area contributed by atoms with Crippen LogP contribution in [0, 0.1) is 0 Å². The van der Waals surface area contributed by atoms with Crippen LogP contribution >= 0.6 is 11.3 Å². The highest BCUT2D eigenvalue weighted by Gasteiger charge is 2.31. The largest absolute Gasteiger partial charge is 0.321 e. The highest BCUT2D eigenvalue weighted by Crippen LogP contribution is 2.34. The van der Waals surface area contributed by atoms with Crippen molar-refractivity contribution in [2.75, 3.05) is 11.9 Å². The zero-order chi connectivity index (χ0) is 23.7. The molecule has 1 aliphatic heterocycles. The smallest absolute Gasteiger partial charge is 0.255 e. The van der Waals surface area contributed by atoms with Crippen LogP contribution in [0.25, 0.3) is 20.8 Å². The van der Waals surface area contributed by atoms with E-state index in [1.165, 1.54) is 12.1 Å². The van der Waals surface area contributed by atoms with Crippen LogP contribution in [0.4, 0.5) is 5.69 Å². The zero-order valence-electron chi connectivity index (χ0n) is 18.8. The Morgan fingerprint density at radius 1 is 1.00 bits per heavy atom. The van der Waals surface area contributed by atoms with E-state index in [1.807, 2.05) is 55.5 Å². The van der Waals surface area contributed by atoms with Gasteiger partial charge in [-0.1, -0.05) is 30.7 Å². The van der Waals surface area contributed by atoms with Gasteiger partial charge >= 0.3 is 0 Å². The number of carbonyl (C=O) groups excluding carboxylic acids is 1. The van der Waals surface area contributed by atoms with Gasteiger partial charge in [0.05, 0.1) is 20.8 Å². The average molecular weight is 492 g/mol. The summed E-state index contributed by atoms with van der Waals surface area (Å²) in [6.07, 6.45) is 2.79. The van der Waals surface area contributed by atoms with Crippen molar-refractivity contribution < 1.29 is 13.2 Å². The minimum atomic E-state index is -3.57. The second-order valence-corrected chi connectivity index (χ2v) is 11.4. The van der Waals surface area contributed by atoms with Crippen molar-refractivity contribution >= 4 is 43.2 Å². The summed E-state index contributed by atoms with van der Waals surface area (Å²) in [5.41, 5.74) is 2.81. The number of carbonyl (C=O) groups is 1. The molecule has 0 bridgehead atoms. The summed E-state index contributed by atoms with van der Waals surface area (Å²) in [6.45, 7) is 2.48. The van der Waals surface area contributed by atoms with E-state index < -0.39 is 10.0 Å². The van der Waals surface area contributed by atoms with Crippen LogP contribution in [0.2, 0.25) is 0 Å². The van der Waals surface area contributed by atoms with Gasteiger partial charge in [0.2, 0.25) is 10.0 Å². The third-order valence-electron chi connectivity index (χ3n) is 6.16. The number of amides is 1. The summed E-state index contributed by atoms with van der Waals surface area (Å²) >= 11 is 1.57. The van der Waals surface area contributed by atoms with Crippen molar-refractivity contribution in [3.8, 4) is 10.6 Å². The van der Waals surface area contributed by atoms with E-state index in [1.54, 1.807) is 27.8 Å². The Kier molecular flexibility index (Phi) is 6.20. The molecule has 3 aromatic carbocycles. The molecule has 1 amide bonds. The molecule has 0 aliphatic carbocycles. The standard InChI is InChI=1S/C26H25N3O3S2/c1-18-8-6-7-17-29(18)34(31,32)20-15-13-19(14-16-20)25(30)27-22-10-3-2-9-21(22)26-28-23-11-4-5-12-24(23)33-26/h2-5,9-16,18H,6-8,17H2,1H3,(H,27,30)/t18-/m0/s1. The van der Waals surface area contributed by atoms with E-state index >= 15 is 0 Å². The van der Waals surface area contributed by atoms with Crippen LogP contribution < -0.4 is 5.32 Å². The number of thiazole rings is 1. The summed E-state index contributed by atoms with van der Waals surface area (Å²) in [7, 11) is -3.57. The van der Waals surface area contributed by atoms with Gasteiger partial charge in [0.15, 0.2) is 0 Å². The lowest BCUT2D eigenvalue weighted by atomic mass is 10.1. The average Bonchev–Trinajstić information content (AvgIpc) is 3.29. The Balaban J connectivity index is 1.37. The fourth-order valence-corrected chi connectivity index (χ4v) is 7.01. The molecule has 5 rings (SSSR count). The number of nitrogens with one attached hydrogen (secondary N) is 1. The van der Waals surface area contributed by atoms with Gasteiger partial charge in [0.1, 0.15) is 5.01 Å². The number of fused-ring (bicyclic) bond motifs is 1. The first-order chi connectivity index (χ1) is 16.4. The van der Waals surface area contributed by atoms with E-state index in [0.29, 0.717) is 17.8 Å². The second kappa shape index (κ2) is 9.29. The first-order valence-electron chi connectivity index (χ1n) is 11.3. The van der Waals surface area contributed by atoms with E-state index in [0.717, 1.165) is 40.1 Å². The zero-order valence-corrected chi connectivity index (χ0v) is 20.4. The highest BCUT2D eigenvalue weighted by atomic mass is 32.2. The van der Waals surface area contributed by atoms with Gasteiger partial charge in [-0.15, -0.1) is 11.3 Å². The van der Waals surface area contributed by atoms with Gasteiger partial charge in [0, 0.05) is 23.7 Å². The minimum absolute atomic E-state index is 0.0132. The molecule has 4 aromatic rings. The van der Waals surface area contributed by atoms with Gasteiger partial charge in [-0.2, -0.15) is 4.31 Å². The molecule has 1 aliphatic rings. The summed E-state index contributed by atoms with van der Waals surface area (Å²) in [5, 5.41) is 3.79. The molecule has 1 N–H and O–H groups in total. The maximum atomic E-state index is 13.1. The van der Waals surface area contributed by atoms with Crippen LogP contribution in [0.15, 0.2) is 77.7 Å². The first-order valence-corrected chi connectivity index (χ1v) is 13.6. The summed E-state index contributed by atoms with van der Waals surface area (Å²) < 4.78 is 28.8. The van der Waals surface area contributed by atoms with E-state index in [9.17, 15) is 13.2 Å². The number of para-hydroxylation sites is 2. The van der Waals surface area contributed by atoms with Crippen molar-refractivity contribution in [3.63, 3.8) is 0 Å². The lowest BCUT2D eigenvalue weighted by molar-refractivity contribution is 0.102. The van der Waals surface area contributed by atoms with E-state index in [4.69, 9.17) is 4.98 Å². The van der Waals surface area contributed by atoms with Crippen LogP contribution in [-0.2, 0) is 10.0 Å². The molecule has 1 aromatic heterocycles. The minimum Gasteiger partial charge on any atom is -0.321 e. The van der Waals surface area contributed by atoms with Crippen molar-refractivity contribution in [1.29, 1.82) is 0 Å². The number of nitrogens with zero attached hydrogens (tertiary/aromatic N) is 2. The molecule has 8 heteroatoms. The molecule has 6 nitrogen and oxygen atoms in total. The molecule has 1 atom stereocenters. The quantitative estimate of drug-likeness (QED) is 0.384. The Morgan fingerprint density at radius 2 is 1.74 bits per heavy atom. The van der Waals surface area contributed by atoms with Crippen molar-refractivity contribution in [1.82, 2.24) is 9.29 Å². The van der Waals surface area contributed by atoms with E-state index in [-0.39, 0.29) is 16.8 Å². The van der Waals surface area contributed by atoms with Gasteiger partial charge in [-0.25, -0.2) is 13.4 Å². The molecular weight excluding hydrogens is 466 g/mol. The van der Waals surface area contributed by atoms with Crippen LogP contribution in [-0.4, -0.2) is 36.2 Å². The van der Waals surface area contributed by atoms with Crippen molar-refractivity contribution in [2.45, 2.75) is 37.1 Å². The number of hydrogen-bond acceptors (Lipinski definition) is 5. The Hall–Kier alpha value is -3.07. The molecule has 0 unspecified atom stereocenters. The number of sulfonamides is 1. The number of hydrogen-bond donors (Lipinski definition) is 1. The van der Waals surface area contributed by atoms with Gasteiger partial charge in [-0.05, 0) is 68.3 Å². The second-order valence-electron chi connectivity index (χ2n) is 8.47. The van der Waals surface area contributed by atoms with Crippen LogP contribution in [0.1, 0.15) is 36.5 Å². The fraction of sp³-hybridized carbons (Fsp3) is 0.231. The number of rotatable bonds is 5. The van der Waals surface area contributed by atoms with Crippen LogP contribution in [0.3, 0.4) is 0 Å². The number of anilines is 1. The third-order valence-corrected chi connectivity index (χ3v) is 9.26. The van der Waals surface area contributed by atoms with Gasteiger partial charge in [-0.3, -0.25) is 4.79 Å². The first kappa shape index (κ1) is 22.7. The summed E-state index contributed by atoms with van der Waals surface area (Å²) in [4.78, 5) is 17.9. The molecule has 0 saturated carbocycles. The predicted octanol–water partition coefficient (Wildman–Crippen LogP) is 5.78. The summed E-state index contributed by atoms with van der Waals surface area (Å²) in [5.74, 6) is -0.302. The molecule has 1 fully saturated rings. The van der Waals surface area contributed by atoms with Gasteiger partial charge < -0.3 is 5.32 Å². The predicted molar refractivity (Wildman–Crippen MR) is 137 cm³/mol. The monoisotopic (exact) mass is 491 g/mol.